The number of hydrogen-bond donors (Lipinski definition) is 1. The van der Waals surface area contributed by atoms with Crippen LogP contribution in [0.5, 0.6) is 0 Å². The summed E-state index contributed by atoms with van der Waals surface area (Å²) in [5.41, 5.74) is 0. The van der Waals surface area contributed by atoms with Crippen molar-refractivity contribution >= 4 is 11.8 Å². The van der Waals surface area contributed by atoms with Crippen molar-refractivity contribution in [3.05, 3.63) is 12.7 Å². The van der Waals surface area contributed by atoms with E-state index in [1.165, 1.54) is 0 Å². The SMILES string of the molecule is C=CC(SC(C)C)C(O)C(C)C. The normalized spacial score (nSPS) is 16.6. The first-order valence-electron chi connectivity index (χ1n) is 4.45. The minimum atomic E-state index is -0.269. The molecule has 0 aliphatic rings. The zero-order valence-electron chi connectivity index (χ0n) is 8.45. The first-order chi connectivity index (χ1) is 5.49. The topological polar surface area (TPSA) is 20.2 Å². The van der Waals surface area contributed by atoms with Gasteiger partial charge in [-0.1, -0.05) is 33.8 Å². The maximum Gasteiger partial charge on any atom is 0.0716 e. The van der Waals surface area contributed by atoms with Crippen LogP contribution in [0, 0.1) is 5.92 Å². The zero-order valence-corrected chi connectivity index (χ0v) is 9.27. The van der Waals surface area contributed by atoms with Crippen molar-refractivity contribution in [2.24, 2.45) is 5.92 Å². The van der Waals surface area contributed by atoms with Gasteiger partial charge in [0.25, 0.3) is 0 Å². The van der Waals surface area contributed by atoms with E-state index in [9.17, 15) is 5.11 Å². The van der Waals surface area contributed by atoms with E-state index < -0.39 is 0 Å². The molecule has 1 N–H and O–H groups in total. The molecule has 0 spiro atoms. The molecule has 72 valence electrons. The van der Waals surface area contributed by atoms with Gasteiger partial charge >= 0.3 is 0 Å². The Bertz CT molecular complexity index is 132. The van der Waals surface area contributed by atoms with Gasteiger partial charge in [0.05, 0.1) is 6.10 Å². The predicted octanol–water partition coefficient (Wildman–Crippen LogP) is 2.70. The predicted molar refractivity (Wildman–Crippen MR) is 57.6 cm³/mol. The number of aliphatic hydroxyl groups is 1. The molecule has 12 heavy (non-hydrogen) atoms. The summed E-state index contributed by atoms with van der Waals surface area (Å²) in [6.07, 6.45) is 1.57. The third-order valence-corrected chi connectivity index (χ3v) is 3.01. The Hall–Kier alpha value is 0.0500. The van der Waals surface area contributed by atoms with Crippen LogP contribution in [0.15, 0.2) is 12.7 Å². The van der Waals surface area contributed by atoms with Crippen LogP contribution in [0.2, 0.25) is 0 Å². The summed E-state index contributed by atoms with van der Waals surface area (Å²) < 4.78 is 0. The minimum Gasteiger partial charge on any atom is -0.391 e. The summed E-state index contributed by atoms with van der Waals surface area (Å²) in [6.45, 7) is 12.1. The molecule has 2 unspecified atom stereocenters. The van der Waals surface area contributed by atoms with E-state index in [4.69, 9.17) is 0 Å². The summed E-state index contributed by atoms with van der Waals surface area (Å²) in [7, 11) is 0. The maximum absolute atomic E-state index is 9.74. The molecule has 0 aromatic rings. The summed E-state index contributed by atoms with van der Waals surface area (Å²) in [4.78, 5) is 0. The molecule has 2 heteroatoms. The monoisotopic (exact) mass is 188 g/mol. The fourth-order valence-electron chi connectivity index (χ4n) is 0.969. The van der Waals surface area contributed by atoms with E-state index in [0.717, 1.165) is 0 Å². The van der Waals surface area contributed by atoms with Crippen molar-refractivity contribution in [1.82, 2.24) is 0 Å². The lowest BCUT2D eigenvalue weighted by Crippen LogP contribution is -2.27. The van der Waals surface area contributed by atoms with Crippen LogP contribution in [0.4, 0.5) is 0 Å². The van der Waals surface area contributed by atoms with E-state index in [0.29, 0.717) is 11.2 Å². The van der Waals surface area contributed by atoms with Gasteiger partial charge in [-0.3, -0.25) is 0 Å². The fraction of sp³-hybridized carbons (Fsp3) is 0.800. The van der Waals surface area contributed by atoms with Gasteiger partial charge in [-0.25, -0.2) is 0 Å². The quantitative estimate of drug-likeness (QED) is 0.669. The average Bonchev–Trinajstić information content (AvgIpc) is 1.98. The largest absolute Gasteiger partial charge is 0.391 e. The van der Waals surface area contributed by atoms with Gasteiger partial charge in [-0.05, 0) is 11.2 Å². The lowest BCUT2D eigenvalue weighted by Gasteiger charge is -2.23. The zero-order chi connectivity index (χ0) is 9.72. The van der Waals surface area contributed by atoms with Crippen LogP contribution in [-0.2, 0) is 0 Å². The Morgan fingerprint density at radius 3 is 2.00 bits per heavy atom. The molecule has 0 saturated heterocycles. The van der Waals surface area contributed by atoms with E-state index >= 15 is 0 Å². The van der Waals surface area contributed by atoms with Crippen LogP contribution in [0.25, 0.3) is 0 Å². The van der Waals surface area contributed by atoms with Crippen LogP contribution < -0.4 is 0 Å². The minimum absolute atomic E-state index is 0.171. The van der Waals surface area contributed by atoms with Crippen molar-refractivity contribution in [1.29, 1.82) is 0 Å². The van der Waals surface area contributed by atoms with Crippen molar-refractivity contribution in [2.45, 2.75) is 44.3 Å². The lowest BCUT2D eigenvalue weighted by atomic mass is 10.0. The van der Waals surface area contributed by atoms with Crippen LogP contribution in [0.1, 0.15) is 27.7 Å². The smallest absolute Gasteiger partial charge is 0.0716 e. The van der Waals surface area contributed by atoms with Gasteiger partial charge in [-0.2, -0.15) is 0 Å². The molecule has 1 nitrogen and oxygen atoms in total. The Morgan fingerprint density at radius 1 is 1.25 bits per heavy atom. The second-order valence-electron chi connectivity index (χ2n) is 3.62. The van der Waals surface area contributed by atoms with E-state index in [-0.39, 0.29) is 11.4 Å². The lowest BCUT2D eigenvalue weighted by molar-refractivity contribution is 0.133. The van der Waals surface area contributed by atoms with Gasteiger partial charge in [-0.15, -0.1) is 18.3 Å². The van der Waals surface area contributed by atoms with E-state index in [1.807, 2.05) is 19.9 Å². The number of aliphatic hydroxyl groups excluding tert-OH is 1. The van der Waals surface area contributed by atoms with Crippen molar-refractivity contribution in [2.75, 3.05) is 0 Å². The first-order valence-corrected chi connectivity index (χ1v) is 5.39. The van der Waals surface area contributed by atoms with Crippen molar-refractivity contribution in [3.63, 3.8) is 0 Å². The van der Waals surface area contributed by atoms with Gasteiger partial charge in [0, 0.05) is 5.25 Å². The molecule has 2 atom stereocenters. The van der Waals surface area contributed by atoms with Gasteiger partial charge in [0.15, 0.2) is 0 Å². The highest BCUT2D eigenvalue weighted by Gasteiger charge is 2.20. The molecule has 0 aromatic carbocycles. The number of rotatable bonds is 5. The molecule has 0 rings (SSSR count). The summed E-state index contributed by atoms with van der Waals surface area (Å²) in [6, 6.07) is 0. The first kappa shape index (κ1) is 12.0. The molecular formula is C10H20OS. The van der Waals surface area contributed by atoms with Crippen LogP contribution in [0.3, 0.4) is 0 Å². The average molecular weight is 188 g/mol. The summed E-state index contributed by atoms with van der Waals surface area (Å²) in [5, 5.41) is 10.5. The molecular weight excluding hydrogens is 168 g/mol. The molecule has 0 aromatic heterocycles. The molecule has 0 bridgehead atoms. The summed E-state index contributed by atoms with van der Waals surface area (Å²) >= 11 is 1.77. The molecule has 0 radical (unpaired) electrons. The molecule has 0 fully saturated rings. The molecule has 0 saturated carbocycles. The van der Waals surface area contributed by atoms with Gasteiger partial charge in [0.1, 0.15) is 0 Å². The Labute approximate surface area is 80.3 Å². The molecule has 0 aliphatic carbocycles. The van der Waals surface area contributed by atoms with Crippen LogP contribution >= 0.6 is 11.8 Å². The highest BCUT2D eigenvalue weighted by Crippen LogP contribution is 2.24. The van der Waals surface area contributed by atoms with Gasteiger partial charge in [0.2, 0.25) is 0 Å². The molecule has 0 heterocycles. The van der Waals surface area contributed by atoms with Crippen molar-refractivity contribution in [3.8, 4) is 0 Å². The second-order valence-corrected chi connectivity index (χ2v) is 5.38. The molecule has 0 amide bonds. The summed E-state index contributed by atoms with van der Waals surface area (Å²) in [5.74, 6) is 0.305. The highest BCUT2D eigenvalue weighted by molar-refractivity contribution is 8.00. The Balaban J connectivity index is 4.05. The second kappa shape index (κ2) is 5.65. The van der Waals surface area contributed by atoms with Gasteiger partial charge < -0.3 is 5.11 Å². The number of thioether (sulfide) groups is 1. The third-order valence-electron chi connectivity index (χ3n) is 1.68. The van der Waals surface area contributed by atoms with E-state index in [2.05, 4.69) is 20.4 Å². The standard InChI is InChI=1S/C10H20OS/c1-6-9(12-8(4)5)10(11)7(2)3/h6-11H,1H2,2-5H3. The third kappa shape index (κ3) is 4.17. The highest BCUT2D eigenvalue weighted by atomic mass is 32.2. The number of hydrogen-bond acceptors (Lipinski definition) is 2. The maximum atomic E-state index is 9.74. The fourth-order valence-corrected chi connectivity index (χ4v) is 2.18. The Kier molecular flexibility index (Phi) is 5.68. The molecule has 0 aliphatic heterocycles. The van der Waals surface area contributed by atoms with E-state index in [1.54, 1.807) is 11.8 Å². The Morgan fingerprint density at radius 2 is 1.75 bits per heavy atom. The van der Waals surface area contributed by atoms with Crippen LogP contribution in [-0.4, -0.2) is 21.7 Å². The van der Waals surface area contributed by atoms with Crippen molar-refractivity contribution < 1.29 is 5.11 Å².